The van der Waals surface area contributed by atoms with Crippen LogP contribution in [0.1, 0.15) is 34.7 Å². The topological polar surface area (TPSA) is 30.5 Å². The van der Waals surface area contributed by atoms with E-state index < -0.39 is 0 Å². The summed E-state index contributed by atoms with van der Waals surface area (Å²) in [4.78, 5) is 0. The molecule has 32 heavy (non-hydrogen) atoms. The number of halogens is 2. The van der Waals surface area contributed by atoms with Gasteiger partial charge in [-0.15, -0.1) is 6.58 Å². The average Bonchev–Trinajstić information content (AvgIpc) is 2.75. The molecule has 0 saturated carbocycles. The summed E-state index contributed by atoms with van der Waals surface area (Å²) in [6.07, 6.45) is 2.54. The van der Waals surface area contributed by atoms with Crippen molar-refractivity contribution in [1.29, 1.82) is 0 Å². The summed E-state index contributed by atoms with van der Waals surface area (Å²) in [5, 5.41) is 4.68. The van der Waals surface area contributed by atoms with E-state index >= 15 is 0 Å². The summed E-state index contributed by atoms with van der Waals surface area (Å²) in [7, 11) is 0. The summed E-state index contributed by atoms with van der Waals surface area (Å²) >= 11 is 12.3. The molecule has 3 rings (SSSR count). The first-order valence-electron chi connectivity index (χ1n) is 10.7. The van der Waals surface area contributed by atoms with Crippen molar-refractivity contribution in [2.45, 2.75) is 40.3 Å². The molecule has 0 aromatic heterocycles. The maximum Gasteiger partial charge on any atom is 0.165 e. The first-order chi connectivity index (χ1) is 15.4. The molecular formula is C27H29Cl2NO2. The molecule has 5 heteroatoms. The quantitative estimate of drug-likeness (QED) is 0.305. The number of ether oxygens (including phenoxy) is 2. The van der Waals surface area contributed by atoms with Crippen LogP contribution in [0.25, 0.3) is 0 Å². The molecule has 0 fully saturated rings. The molecule has 0 bridgehead atoms. The Kier molecular flexibility index (Phi) is 8.49. The molecule has 1 N–H and O–H groups in total. The van der Waals surface area contributed by atoms with E-state index in [2.05, 4.69) is 50.0 Å². The van der Waals surface area contributed by atoms with Gasteiger partial charge >= 0.3 is 0 Å². The molecular weight excluding hydrogens is 441 g/mol. The third kappa shape index (κ3) is 6.21. The highest BCUT2D eigenvalue weighted by Gasteiger charge is 2.15. The number of nitrogens with one attached hydrogen (secondary N) is 1. The van der Waals surface area contributed by atoms with E-state index in [1.165, 1.54) is 11.1 Å². The van der Waals surface area contributed by atoms with Crippen molar-refractivity contribution in [3.8, 4) is 11.5 Å². The van der Waals surface area contributed by atoms with Crippen LogP contribution in [-0.2, 0) is 19.6 Å². The Morgan fingerprint density at radius 3 is 2.44 bits per heavy atom. The summed E-state index contributed by atoms with van der Waals surface area (Å²) in [6.45, 7) is 11.6. The van der Waals surface area contributed by atoms with Gasteiger partial charge in [0.15, 0.2) is 11.5 Å². The molecule has 0 atom stereocenters. The SMILES string of the molecule is C=CCc1cc(CNc2ccc(C)c(C)c2)cc(OCC)c1OCc1ccc(Cl)cc1Cl. The van der Waals surface area contributed by atoms with Crippen molar-refractivity contribution in [3.63, 3.8) is 0 Å². The molecule has 3 aromatic rings. The second kappa shape index (κ2) is 11.3. The van der Waals surface area contributed by atoms with Crippen molar-refractivity contribution in [2.24, 2.45) is 0 Å². The minimum atomic E-state index is 0.320. The Labute approximate surface area is 201 Å². The number of rotatable bonds is 10. The maximum absolute atomic E-state index is 6.32. The van der Waals surface area contributed by atoms with Crippen LogP contribution in [0.15, 0.2) is 61.2 Å². The summed E-state index contributed by atoms with van der Waals surface area (Å²) in [5.41, 5.74) is 6.64. The number of hydrogen-bond donors (Lipinski definition) is 1. The van der Waals surface area contributed by atoms with Crippen molar-refractivity contribution in [2.75, 3.05) is 11.9 Å². The van der Waals surface area contributed by atoms with Crippen LogP contribution in [0.5, 0.6) is 11.5 Å². The Balaban J connectivity index is 1.85. The lowest BCUT2D eigenvalue weighted by atomic mass is 10.0. The van der Waals surface area contributed by atoms with Crippen LogP contribution in [-0.4, -0.2) is 6.61 Å². The highest BCUT2D eigenvalue weighted by molar-refractivity contribution is 6.35. The number of hydrogen-bond acceptors (Lipinski definition) is 3. The second-order valence-corrected chi connectivity index (χ2v) is 8.53. The smallest absolute Gasteiger partial charge is 0.165 e. The zero-order valence-electron chi connectivity index (χ0n) is 18.8. The minimum Gasteiger partial charge on any atom is -0.490 e. The maximum atomic E-state index is 6.32. The predicted octanol–water partition coefficient (Wildman–Crippen LogP) is 7.93. The molecule has 0 aliphatic rings. The van der Waals surface area contributed by atoms with E-state index in [0.717, 1.165) is 22.4 Å². The van der Waals surface area contributed by atoms with E-state index in [9.17, 15) is 0 Å². The fourth-order valence-electron chi connectivity index (χ4n) is 3.40. The molecule has 168 valence electrons. The fraction of sp³-hybridized carbons (Fsp3) is 0.259. The van der Waals surface area contributed by atoms with Gasteiger partial charge in [-0.1, -0.05) is 41.4 Å². The number of anilines is 1. The summed E-state index contributed by atoms with van der Waals surface area (Å²) in [5.74, 6) is 1.43. The Morgan fingerprint density at radius 1 is 0.938 bits per heavy atom. The Bertz CT molecular complexity index is 1100. The number of allylic oxidation sites excluding steroid dienone is 1. The molecule has 0 saturated heterocycles. The molecule has 3 aromatic carbocycles. The third-order valence-corrected chi connectivity index (χ3v) is 5.83. The van der Waals surface area contributed by atoms with Gasteiger partial charge in [0, 0.05) is 33.4 Å². The van der Waals surface area contributed by atoms with Gasteiger partial charge in [0.1, 0.15) is 6.61 Å². The van der Waals surface area contributed by atoms with E-state index in [0.29, 0.717) is 47.7 Å². The van der Waals surface area contributed by atoms with Crippen LogP contribution < -0.4 is 14.8 Å². The lowest BCUT2D eigenvalue weighted by molar-refractivity contribution is 0.267. The Hall–Kier alpha value is -2.62. The van der Waals surface area contributed by atoms with Gasteiger partial charge in [0.05, 0.1) is 6.61 Å². The molecule has 0 spiro atoms. The van der Waals surface area contributed by atoms with Gasteiger partial charge in [-0.25, -0.2) is 0 Å². The zero-order chi connectivity index (χ0) is 23.1. The number of benzene rings is 3. The standard InChI is InChI=1S/C27H29Cl2NO2/c1-5-7-21-13-20(16-30-24-11-8-18(3)19(4)12-24)14-26(31-6-2)27(21)32-17-22-9-10-23(28)15-25(22)29/h5,8-15,30H,1,6-7,16-17H2,2-4H3. The molecule has 0 heterocycles. The van der Waals surface area contributed by atoms with Gasteiger partial charge in [-0.3, -0.25) is 0 Å². The molecule has 0 unspecified atom stereocenters. The Morgan fingerprint density at radius 2 is 1.75 bits per heavy atom. The van der Waals surface area contributed by atoms with Crippen molar-refractivity contribution < 1.29 is 9.47 Å². The van der Waals surface area contributed by atoms with E-state index in [4.69, 9.17) is 32.7 Å². The van der Waals surface area contributed by atoms with Gasteiger partial charge in [0.2, 0.25) is 0 Å². The monoisotopic (exact) mass is 469 g/mol. The van der Waals surface area contributed by atoms with E-state index in [1.807, 2.05) is 31.2 Å². The van der Waals surface area contributed by atoms with Gasteiger partial charge in [0.25, 0.3) is 0 Å². The van der Waals surface area contributed by atoms with Crippen LogP contribution in [0, 0.1) is 13.8 Å². The normalized spacial score (nSPS) is 10.7. The van der Waals surface area contributed by atoms with E-state index in [-0.39, 0.29) is 0 Å². The van der Waals surface area contributed by atoms with Crippen molar-refractivity contribution in [1.82, 2.24) is 0 Å². The summed E-state index contributed by atoms with van der Waals surface area (Å²) in [6, 6.07) is 16.0. The van der Waals surface area contributed by atoms with Crippen LogP contribution >= 0.6 is 23.2 Å². The van der Waals surface area contributed by atoms with Crippen LogP contribution in [0.4, 0.5) is 5.69 Å². The van der Waals surface area contributed by atoms with Crippen LogP contribution in [0.3, 0.4) is 0 Å². The van der Waals surface area contributed by atoms with Crippen LogP contribution in [0.2, 0.25) is 10.0 Å². The largest absolute Gasteiger partial charge is 0.490 e. The first kappa shape index (κ1) is 24.0. The highest BCUT2D eigenvalue weighted by atomic mass is 35.5. The molecule has 3 nitrogen and oxygen atoms in total. The van der Waals surface area contributed by atoms with Gasteiger partial charge in [-0.2, -0.15) is 0 Å². The number of aryl methyl sites for hydroxylation is 2. The molecule has 0 amide bonds. The van der Waals surface area contributed by atoms with Crippen molar-refractivity contribution >= 4 is 28.9 Å². The van der Waals surface area contributed by atoms with Gasteiger partial charge < -0.3 is 14.8 Å². The first-order valence-corrected chi connectivity index (χ1v) is 11.4. The lowest BCUT2D eigenvalue weighted by Gasteiger charge is -2.18. The molecule has 0 aliphatic heterocycles. The van der Waals surface area contributed by atoms with E-state index in [1.54, 1.807) is 6.07 Å². The lowest BCUT2D eigenvalue weighted by Crippen LogP contribution is -2.06. The fourth-order valence-corrected chi connectivity index (χ4v) is 3.87. The second-order valence-electron chi connectivity index (χ2n) is 7.69. The molecule has 0 aliphatic carbocycles. The van der Waals surface area contributed by atoms with Crippen molar-refractivity contribution in [3.05, 3.63) is 99.0 Å². The minimum absolute atomic E-state index is 0.320. The van der Waals surface area contributed by atoms with Gasteiger partial charge in [-0.05, 0) is 80.3 Å². The molecule has 0 radical (unpaired) electrons. The predicted molar refractivity (Wildman–Crippen MR) is 136 cm³/mol. The third-order valence-electron chi connectivity index (χ3n) is 5.25. The average molecular weight is 470 g/mol. The summed E-state index contributed by atoms with van der Waals surface area (Å²) < 4.78 is 12.2. The zero-order valence-corrected chi connectivity index (χ0v) is 20.3. The highest BCUT2D eigenvalue weighted by Crippen LogP contribution is 2.35.